The second-order valence-corrected chi connectivity index (χ2v) is 8.76. The van der Waals surface area contributed by atoms with Crippen LogP contribution in [0.25, 0.3) is 11.3 Å². The molecule has 1 aromatic carbocycles. The lowest BCUT2D eigenvalue weighted by Crippen LogP contribution is -2.70. The van der Waals surface area contributed by atoms with Gasteiger partial charge in [0.25, 0.3) is 5.91 Å². The summed E-state index contributed by atoms with van der Waals surface area (Å²) in [5, 5.41) is 0. The summed E-state index contributed by atoms with van der Waals surface area (Å²) in [4.78, 5) is 48.6. The fourth-order valence-corrected chi connectivity index (χ4v) is 4.40. The number of carbonyl (C=O) groups excluding carboxylic acids is 3. The minimum absolute atomic E-state index is 0.0999. The summed E-state index contributed by atoms with van der Waals surface area (Å²) in [7, 11) is 0. The number of aromatic nitrogens is 1. The van der Waals surface area contributed by atoms with Gasteiger partial charge in [0, 0.05) is 25.2 Å². The normalized spacial score (nSPS) is 21.6. The van der Waals surface area contributed by atoms with Gasteiger partial charge < -0.3 is 19.1 Å². The maximum atomic E-state index is 13.4. The zero-order valence-electron chi connectivity index (χ0n) is 18.4. The summed E-state index contributed by atoms with van der Waals surface area (Å²) in [6.45, 7) is 9.59. The van der Waals surface area contributed by atoms with Crippen molar-refractivity contribution in [2.24, 2.45) is 5.92 Å². The first-order valence-electron chi connectivity index (χ1n) is 10.7. The van der Waals surface area contributed by atoms with Gasteiger partial charge in [0.15, 0.2) is 17.8 Å². The molecule has 0 aliphatic carbocycles. The molecule has 2 aromatic rings. The molecule has 0 N–H and O–H groups in total. The molecular weight excluding hydrogens is 396 g/mol. The van der Waals surface area contributed by atoms with Crippen molar-refractivity contribution in [1.29, 1.82) is 0 Å². The van der Waals surface area contributed by atoms with Crippen LogP contribution in [0.3, 0.4) is 0 Å². The van der Waals surface area contributed by atoms with E-state index in [1.54, 1.807) is 16.7 Å². The van der Waals surface area contributed by atoms with Crippen LogP contribution in [0.1, 0.15) is 36.8 Å². The molecule has 3 amide bonds. The molecule has 0 spiro atoms. The van der Waals surface area contributed by atoms with E-state index in [1.165, 1.54) is 11.3 Å². The Kier molecular flexibility index (Phi) is 5.56. The summed E-state index contributed by atoms with van der Waals surface area (Å²) in [5.41, 5.74) is 1.93. The topological polar surface area (TPSA) is 87.0 Å². The zero-order chi connectivity index (χ0) is 22.3. The van der Waals surface area contributed by atoms with Crippen LogP contribution < -0.4 is 0 Å². The predicted molar refractivity (Wildman–Crippen MR) is 114 cm³/mol. The highest BCUT2D eigenvalue weighted by Crippen LogP contribution is 2.28. The largest absolute Gasteiger partial charge is 0.443 e. The average molecular weight is 425 g/mol. The predicted octanol–water partition coefficient (Wildman–Crippen LogP) is 2.19. The number of fused-ring (bicyclic) bond motifs is 1. The van der Waals surface area contributed by atoms with Crippen LogP contribution in [0.5, 0.6) is 0 Å². The zero-order valence-corrected chi connectivity index (χ0v) is 18.4. The molecule has 0 saturated carbocycles. The minimum atomic E-state index is -0.671. The molecule has 2 atom stereocenters. The molecule has 1 aromatic heterocycles. The van der Waals surface area contributed by atoms with Crippen molar-refractivity contribution in [1.82, 2.24) is 19.7 Å². The third-order valence-corrected chi connectivity index (χ3v) is 5.96. The molecule has 31 heavy (non-hydrogen) atoms. The number of hydrogen-bond donors (Lipinski definition) is 0. The number of aryl methyl sites for hydroxylation is 1. The molecule has 8 nitrogen and oxygen atoms in total. The van der Waals surface area contributed by atoms with E-state index >= 15 is 0 Å². The molecule has 0 radical (unpaired) electrons. The molecule has 2 fully saturated rings. The molecule has 0 bridgehead atoms. The summed E-state index contributed by atoms with van der Waals surface area (Å²) >= 11 is 0. The SMILES string of the molecule is Cc1cccc(-c2ocnc2C(=O)N2C[C@H]3C(=O)N(CC(C)C)CCN3C(=O)[C@@H]2C)c1. The van der Waals surface area contributed by atoms with Gasteiger partial charge in [-0.2, -0.15) is 0 Å². The van der Waals surface area contributed by atoms with Gasteiger partial charge >= 0.3 is 0 Å². The maximum Gasteiger partial charge on any atom is 0.277 e. The summed E-state index contributed by atoms with van der Waals surface area (Å²) < 4.78 is 5.54. The third-order valence-electron chi connectivity index (χ3n) is 5.96. The molecule has 0 unspecified atom stereocenters. The van der Waals surface area contributed by atoms with Crippen molar-refractivity contribution in [2.75, 3.05) is 26.2 Å². The third kappa shape index (κ3) is 3.82. The lowest BCUT2D eigenvalue weighted by atomic mass is 10.0. The molecule has 2 aliphatic rings. The number of hydrogen-bond acceptors (Lipinski definition) is 5. The number of piperazine rings is 2. The van der Waals surface area contributed by atoms with Crippen molar-refractivity contribution in [2.45, 2.75) is 39.8 Å². The summed E-state index contributed by atoms with van der Waals surface area (Å²) in [5.74, 6) is -0.00926. The second kappa shape index (κ2) is 8.17. The molecule has 2 aliphatic heterocycles. The van der Waals surface area contributed by atoms with Crippen LogP contribution in [0.4, 0.5) is 0 Å². The molecule has 164 valence electrons. The smallest absolute Gasteiger partial charge is 0.277 e. The molecule has 3 heterocycles. The summed E-state index contributed by atoms with van der Waals surface area (Å²) in [6, 6.07) is 6.28. The number of carbonyl (C=O) groups is 3. The first kappa shape index (κ1) is 21.1. The Morgan fingerprint density at radius 1 is 1.23 bits per heavy atom. The first-order chi connectivity index (χ1) is 14.8. The molecule has 4 rings (SSSR count). The average Bonchev–Trinajstić information content (AvgIpc) is 3.22. The second-order valence-electron chi connectivity index (χ2n) is 8.76. The van der Waals surface area contributed by atoms with E-state index in [0.717, 1.165) is 11.1 Å². The first-order valence-corrected chi connectivity index (χ1v) is 10.7. The Balaban J connectivity index is 1.62. The Morgan fingerprint density at radius 3 is 2.71 bits per heavy atom. The van der Waals surface area contributed by atoms with Crippen LogP contribution in [-0.2, 0) is 9.59 Å². The van der Waals surface area contributed by atoms with Gasteiger partial charge in [0.2, 0.25) is 11.8 Å². The lowest BCUT2D eigenvalue weighted by molar-refractivity contribution is -0.160. The fraction of sp³-hybridized carbons (Fsp3) is 0.478. The molecule has 8 heteroatoms. The number of rotatable bonds is 4. The van der Waals surface area contributed by atoms with E-state index < -0.39 is 18.0 Å². The standard InChI is InChI=1S/C23H28N4O4/c1-14(2)11-25-8-9-26-18(22(25)29)12-27(16(4)21(26)28)23(30)19-20(31-13-24-19)17-7-5-6-15(3)10-17/h5-7,10,13-14,16,18H,8-9,11-12H2,1-4H3/t16-,18-/m0/s1. The van der Waals surface area contributed by atoms with E-state index in [0.29, 0.717) is 31.3 Å². The Morgan fingerprint density at radius 2 is 2.00 bits per heavy atom. The molecule has 2 saturated heterocycles. The quantitative estimate of drug-likeness (QED) is 0.751. The number of amides is 3. The van der Waals surface area contributed by atoms with E-state index in [9.17, 15) is 14.4 Å². The van der Waals surface area contributed by atoms with Gasteiger partial charge in [-0.1, -0.05) is 37.6 Å². The van der Waals surface area contributed by atoms with Crippen LogP contribution in [0.15, 0.2) is 35.1 Å². The van der Waals surface area contributed by atoms with Gasteiger partial charge in [-0.15, -0.1) is 0 Å². The Bertz CT molecular complexity index is 1010. The van der Waals surface area contributed by atoms with Crippen LogP contribution in [0.2, 0.25) is 0 Å². The van der Waals surface area contributed by atoms with Crippen molar-refractivity contribution in [3.05, 3.63) is 41.9 Å². The van der Waals surface area contributed by atoms with Gasteiger partial charge in [-0.25, -0.2) is 4.98 Å². The number of oxazole rings is 1. The fourth-order valence-electron chi connectivity index (χ4n) is 4.40. The lowest BCUT2D eigenvalue weighted by Gasteiger charge is -2.48. The number of nitrogens with zero attached hydrogens (tertiary/aromatic N) is 4. The number of benzene rings is 1. The van der Waals surface area contributed by atoms with Crippen molar-refractivity contribution < 1.29 is 18.8 Å². The maximum absolute atomic E-state index is 13.4. The van der Waals surface area contributed by atoms with Crippen molar-refractivity contribution in [3.63, 3.8) is 0 Å². The Hall–Kier alpha value is -3.16. The molecular formula is C23H28N4O4. The highest BCUT2D eigenvalue weighted by molar-refractivity contribution is 6.02. The van der Waals surface area contributed by atoms with Crippen LogP contribution in [-0.4, -0.2) is 75.7 Å². The van der Waals surface area contributed by atoms with Gasteiger partial charge in [-0.05, 0) is 25.8 Å². The van der Waals surface area contributed by atoms with Crippen LogP contribution >= 0.6 is 0 Å². The van der Waals surface area contributed by atoms with Crippen LogP contribution in [0, 0.1) is 12.8 Å². The van der Waals surface area contributed by atoms with E-state index in [1.807, 2.05) is 31.2 Å². The van der Waals surface area contributed by atoms with Gasteiger partial charge in [0.05, 0.1) is 6.54 Å². The van der Waals surface area contributed by atoms with Gasteiger partial charge in [-0.3, -0.25) is 14.4 Å². The summed E-state index contributed by atoms with van der Waals surface area (Å²) in [6.07, 6.45) is 1.24. The monoisotopic (exact) mass is 424 g/mol. The highest BCUT2D eigenvalue weighted by atomic mass is 16.3. The van der Waals surface area contributed by atoms with E-state index in [4.69, 9.17) is 4.42 Å². The van der Waals surface area contributed by atoms with Crippen molar-refractivity contribution in [3.8, 4) is 11.3 Å². The van der Waals surface area contributed by atoms with Gasteiger partial charge in [0.1, 0.15) is 12.1 Å². The van der Waals surface area contributed by atoms with E-state index in [2.05, 4.69) is 18.8 Å². The minimum Gasteiger partial charge on any atom is -0.443 e. The van der Waals surface area contributed by atoms with Crippen molar-refractivity contribution >= 4 is 17.7 Å². The Labute approximate surface area is 181 Å². The highest BCUT2D eigenvalue weighted by Gasteiger charge is 2.47. The van der Waals surface area contributed by atoms with E-state index in [-0.39, 0.29) is 24.1 Å².